The standard InChI is InChI=1S/C21H25N3O5/c1-23(14-13-17-9-5-6-10-19(17)24(28)29)21(27)22-18(11-12-20(25)26)15-16-7-3-2-4-8-16/h2-10,18H,11-15H2,1H3,(H,22,27)(H,25,26). The highest BCUT2D eigenvalue weighted by Gasteiger charge is 2.18. The lowest BCUT2D eigenvalue weighted by molar-refractivity contribution is -0.385. The van der Waals surface area contributed by atoms with E-state index in [1.54, 1.807) is 25.2 Å². The van der Waals surface area contributed by atoms with Gasteiger partial charge < -0.3 is 15.3 Å². The summed E-state index contributed by atoms with van der Waals surface area (Å²) in [6, 6.07) is 15.3. The van der Waals surface area contributed by atoms with Crippen molar-refractivity contribution in [2.75, 3.05) is 13.6 Å². The Morgan fingerprint density at radius 1 is 1.14 bits per heavy atom. The van der Waals surface area contributed by atoms with Gasteiger partial charge in [-0.1, -0.05) is 48.5 Å². The van der Waals surface area contributed by atoms with Crippen LogP contribution in [0.5, 0.6) is 0 Å². The maximum Gasteiger partial charge on any atom is 0.317 e. The number of likely N-dealkylation sites (N-methyl/N-ethyl adjacent to an activating group) is 1. The molecule has 2 aromatic rings. The molecule has 0 aliphatic rings. The van der Waals surface area contributed by atoms with E-state index in [1.807, 2.05) is 30.3 Å². The predicted molar refractivity (Wildman–Crippen MR) is 109 cm³/mol. The van der Waals surface area contributed by atoms with E-state index in [1.165, 1.54) is 11.0 Å². The first-order chi connectivity index (χ1) is 13.9. The number of aliphatic carboxylic acids is 1. The van der Waals surface area contributed by atoms with E-state index >= 15 is 0 Å². The number of carboxylic acid groups (broad SMARTS) is 1. The molecule has 0 spiro atoms. The number of carboxylic acids is 1. The molecule has 2 aromatic carbocycles. The minimum Gasteiger partial charge on any atom is -0.481 e. The fourth-order valence-corrected chi connectivity index (χ4v) is 3.00. The van der Waals surface area contributed by atoms with Gasteiger partial charge in [-0.05, 0) is 24.8 Å². The minimum atomic E-state index is -0.915. The molecule has 1 unspecified atom stereocenters. The summed E-state index contributed by atoms with van der Waals surface area (Å²) in [5.74, 6) is -0.915. The largest absolute Gasteiger partial charge is 0.481 e. The summed E-state index contributed by atoms with van der Waals surface area (Å²) >= 11 is 0. The van der Waals surface area contributed by atoms with Crippen LogP contribution in [0.1, 0.15) is 24.0 Å². The number of carbonyl (C=O) groups excluding carboxylic acids is 1. The van der Waals surface area contributed by atoms with Crippen molar-refractivity contribution in [1.82, 2.24) is 10.2 Å². The number of hydrogen-bond donors (Lipinski definition) is 2. The van der Waals surface area contributed by atoms with Crippen molar-refractivity contribution in [3.8, 4) is 0 Å². The number of benzene rings is 2. The summed E-state index contributed by atoms with van der Waals surface area (Å²) in [6.07, 6.45) is 1.14. The van der Waals surface area contributed by atoms with Gasteiger partial charge in [-0.15, -0.1) is 0 Å². The number of rotatable bonds is 10. The van der Waals surface area contributed by atoms with Crippen LogP contribution in [0.25, 0.3) is 0 Å². The average molecular weight is 399 g/mol. The molecule has 2 amide bonds. The zero-order valence-corrected chi connectivity index (χ0v) is 16.3. The Bertz CT molecular complexity index is 841. The van der Waals surface area contributed by atoms with Crippen LogP contribution in [0.3, 0.4) is 0 Å². The molecule has 8 nitrogen and oxygen atoms in total. The molecule has 0 aliphatic carbocycles. The van der Waals surface area contributed by atoms with E-state index in [9.17, 15) is 19.7 Å². The van der Waals surface area contributed by atoms with Crippen molar-refractivity contribution < 1.29 is 19.6 Å². The lowest BCUT2D eigenvalue weighted by atomic mass is 10.0. The fraction of sp³-hybridized carbons (Fsp3) is 0.333. The van der Waals surface area contributed by atoms with Gasteiger partial charge in [-0.2, -0.15) is 0 Å². The third kappa shape index (κ3) is 7.25. The summed E-state index contributed by atoms with van der Waals surface area (Å²) in [5.41, 5.74) is 1.60. The number of hydrogen-bond acceptors (Lipinski definition) is 4. The maximum atomic E-state index is 12.6. The van der Waals surface area contributed by atoms with Gasteiger partial charge >= 0.3 is 12.0 Å². The van der Waals surface area contributed by atoms with E-state index in [2.05, 4.69) is 5.32 Å². The van der Waals surface area contributed by atoms with Gasteiger partial charge in [-0.25, -0.2) is 4.79 Å². The van der Waals surface area contributed by atoms with Crippen molar-refractivity contribution >= 4 is 17.7 Å². The van der Waals surface area contributed by atoms with Gasteiger partial charge in [-0.3, -0.25) is 14.9 Å². The lowest BCUT2D eigenvalue weighted by Gasteiger charge is -2.23. The Morgan fingerprint density at radius 2 is 1.79 bits per heavy atom. The quantitative estimate of drug-likeness (QED) is 0.470. The number of nitrogens with one attached hydrogen (secondary N) is 1. The average Bonchev–Trinajstić information content (AvgIpc) is 2.71. The van der Waals surface area contributed by atoms with E-state index in [4.69, 9.17) is 5.11 Å². The van der Waals surface area contributed by atoms with Crippen molar-refractivity contribution in [3.63, 3.8) is 0 Å². The molecule has 0 saturated carbocycles. The fourth-order valence-electron chi connectivity index (χ4n) is 3.00. The highest BCUT2D eigenvalue weighted by atomic mass is 16.6. The zero-order valence-electron chi connectivity index (χ0n) is 16.3. The molecule has 0 aromatic heterocycles. The Morgan fingerprint density at radius 3 is 2.45 bits per heavy atom. The molecule has 0 bridgehead atoms. The van der Waals surface area contributed by atoms with Crippen molar-refractivity contribution in [1.29, 1.82) is 0 Å². The van der Waals surface area contributed by atoms with Crippen LogP contribution in [0.15, 0.2) is 54.6 Å². The predicted octanol–water partition coefficient (Wildman–Crippen LogP) is 3.25. The van der Waals surface area contributed by atoms with E-state index in [-0.39, 0.29) is 24.2 Å². The third-order valence-corrected chi connectivity index (χ3v) is 4.61. The van der Waals surface area contributed by atoms with E-state index in [0.717, 1.165) is 5.56 Å². The molecular weight excluding hydrogens is 374 g/mol. The smallest absolute Gasteiger partial charge is 0.317 e. The van der Waals surface area contributed by atoms with Gasteiger partial charge in [0.1, 0.15) is 0 Å². The van der Waals surface area contributed by atoms with E-state index < -0.39 is 10.9 Å². The first-order valence-corrected chi connectivity index (χ1v) is 9.36. The SMILES string of the molecule is CN(CCc1ccccc1[N+](=O)[O-])C(=O)NC(CCC(=O)O)Cc1ccccc1. The maximum absolute atomic E-state index is 12.6. The second-order valence-corrected chi connectivity index (χ2v) is 6.83. The monoisotopic (exact) mass is 399 g/mol. The van der Waals surface area contributed by atoms with Crippen molar-refractivity contribution in [2.24, 2.45) is 0 Å². The second-order valence-electron chi connectivity index (χ2n) is 6.83. The normalized spacial score (nSPS) is 11.5. The number of amides is 2. The Hall–Kier alpha value is -3.42. The summed E-state index contributed by atoms with van der Waals surface area (Å²) in [5, 5.41) is 23.0. The van der Waals surface area contributed by atoms with Gasteiger partial charge in [0.2, 0.25) is 0 Å². The van der Waals surface area contributed by atoms with Crippen LogP contribution >= 0.6 is 0 Å². The molecular formula is C21H25N3O5. The molecule has 0 fully saturated rings. The number of carbonyl (C=O) groups is 2. The van der Waals surface area contributed by atoms with Crippen molar-refractivity contribution in [3.05, 3.63) is 75.8 Å². The van der Waals surface area contributed by atoms with Gasteiger partial charge in [0, 0.05) is 37.7 Å². The first-order valence-electron chi connectivity index (χ1n) is 9.36. The van der Waals surface area contributed by atoms with Crippen LogP contribution in [0.4, 0.5) is 10.5 Å². The van der Waals surface area contributed by atoms with Crippen LogP contribution < -0.4 is 5.32 Å². The highest BCUT2D eigenvalue weighted by Crippen LogP contribution is 2.18. The number of nitro groups is 1. The van der Waals surface area contributed by atoms with Crippen LogP contribution in [0, 0.1) is 10.1 Å². The van der Waals surface area contributed by atoms with Gasteiger partial charge in [0.05, 0.1) is 4.92 Å². The van der Waals surface area contributed by atoms with Gasteiger partial charge in [0.25, 0.3) is 5.69 Å². The van der Waals surface area contributed by atoms with Gasteiger partial charge in [0.15, 0.2) is 0 Å². The lowest BCUT2D eigenvalue weighted by Crippen LogP contribution is -2.44. The summed E-state index contributed by atoms with van der Waals surface area (Å²) in [6.45, 7) is 0.299. The Balaban J connectivity index is 1.96. The van der Waals surface area contributed by atoms with E-state index in [0.29, 0.717) is 31.4 Å². The molecule has 8 heteroatoms. The molecule has 0 aliphatic heterocycles. The summed E-state index contributed by atoms with van der Waals surface area (Å²) < 4.78 is 0. The molecule has 2 N–H and O–H groups in total. The number of para-hydroxylation sites is 1. The molecule has 1 atom stereocenters. The van der Waals surface area contributed by atoms with Crippen LogP contribution in [-0.2, 0) is 17.6 Å². The highest BCUT2D eigenvalue weighted by molar-refractivity contribution is 5.74. The minimum absolute atomic E-state index is 0.0321. The molecule has 0 radical (unpaired) electrons. The molecule has 2 rings (SSSR count). The Kier molecular flexibility index (Phi) is 8.14. The zero-order chi connectivity index (χ0) is 21.2. The molecule has 154 valence electrons. The van der Waals surface area contributed by atoms with Crippen molar-refractivity contribution in [2.45, 2.75) is 31.7 Å². The number of nitro benzene ring substituents is 1. The molecule has 29 heavy (non-hydrogen) atoms. The third-order valence-electron chi connectivity index (χ3n) is 4.61. The topological polar surface area (TPSA) is 113 Å². The number of urea groups is 1. The summed E-state index contributed by atoms with van der Waals surface area (Å²) in [7, 11) is 1.61. The first kappa shape index (κ1) is 21.9. The summed E-state index contributed by atoms with van der Waals surface area (Å²) in [4.78, 5) is 35.6. The van der Waals surface area contributed by atoms with Crippen LogP contribution in [-0.4, -0.2) is 46.6 Å². The second kappa shape index (κ2) is 10.8. The Labute approximate surface area is 169 Å². The molecule has 0 saturated heterocycles. The molecule has 0 heterocycles. The number of nitrogens with zero attached hydrogens (tertiary/aromatic N) is 2. The van der Waals surface area contributed by atoms with Crippen LogP contribution in [0.2, 0.25) is 0 Å².